The minimum atomic E-state index is -0.679. The SMILES string of the molecule is CCS(=O)C1CCCC(NC(=NC)NCC(C)(C)N2CCCCC2)C1. The quantitative estimate of drug-likeness (QED) is 0.557. The molecule has 1 aliphatic carbocycles. The van der Waals surface area contributed by atoms with E-state index in [1.807, 2.05) is 14.0 Å². The van der Waals surface area contributed by atoms with Gasteiger partial charge in [-0.3, -0.25) is 14.1 Å². The van der Waals surface area contributed by atoms with Crippen LogP contribution in [-0.4, -0.2) is 64.3 Å². The Kier molecular flexibility index (Phi) is 8.20. The molecule has 5 nitrogen and oxygen atoms in total. The van der Waals surface area contributed by atoms with Crippen molar-refractivity contribution in [2.75, 3.05) is 32.4 Å². The topological polar surface area (TPSA) is 56.7 Å². The summed E-state index contributed by atoms with van der Waals surface area (Å²) in [6.07, 6.45) is 8.40. The zero-order valence-electron chi connectivity index (χ0n) is 16.6. The molecule has 6 heteroatoms. The number of nitrogens with one attached hydrogen (secondary N) is 2. The number of hydrogen-bond acceptors (Lipinski definition) is 3. The van der Waals surface area contributed by atoms with E-state index in [-0.39, 0.29) is 5.54 Å². The number of hydrogen-bond donors (Lipinski definition) is 2. The lowest BCUT2D eigenvalue weighted by Crippen LogP contribution is -2.56. The lowest BCUT2D eigenvalue weighted by molar-refractivity contribution is 0.0981. The van der Waals surface area contributed by atoms with Crippen LogP contribution in [0.3, 0.4) is 0 Å². The van der Waals surface area contributed by atoms with E-state index in [1.165, 1.54) is 32.4 Å². The Morgan fingerprint density at radius 1 is 1.20 bits per heavy atom. The van der Waals surface area contributed by atoms with Crippen LogP contribution in [0.1, 0.15) is 65.7 Å². The second-order valence-corrected chi connectivity index (χ2v) is 10.1. The van der Waals surface area contributed by atoms with Crippen LogP contribution in [0.2, 0.25) is 0 Å². The molecule has 2 N–H and O–H groups in total. The number of piperidine rings is 1. The highest BCUT2D eigenvalue weighted by Gasteiger charge is 2.29. The summed E-state index contributed by atoms with van der Waals surface area (Å²) >= 11 is 0. The standard InChI is InChI=1S/C19H38N4OS/c1-5-25(24)17-11-9-10-16(14-17)22-18(20-4)21-15-19(2,3)23-12-7-6-8-13-23/h16-17H,5-15H2,1-4H3,(H2,20,21,22). The molecule has 1 heterocycles. The third-order valence-corrected chi connectivity index (χ3v) is 7.49. The van der Waals surface area contributed by atoms with Gasteiger partial charge in [-0.2, -0.15) is 0 Å². The predicted octanol–water partition coefficient (Wildman–Crippen LogP) is 2.50. The zero-order chi connectivity index (χ0) is 18.3. The molecule has 0 aromatic rings. The Bertz CT molecular complexity index is 460. The molecule has 0 aromatic carbocycles. The molecular formula is C19H38N4OS. The maximum absolute atomic E-state index is 12.1. The fourth-order valence-corrected chi connectivity index (χ4v) is 5.40. The molecule has 25 heavy (non-hydrogen) atoms. The summed E-state index contributed by atoms with van der Waals surface area (Å²) in [5.74, 6) is 1.66. The van der Waals surface area contributed by atoms with Crippen molar-refractivity contribution < 1.29 is 4.21 Å². The summed E-state index contributed by atoms with van der Waals surface area (Å²) in [5, 5.41) is 7.46. The third-order valence-electron chi connectivity index (χ3n) is 5.75. The van der Waals surface area contributed by atoms with Gasteiger partial charge in [0.2, 0.25) is 0 Å². The summed E-state index contributed by atoms with van der Waals surface area (Å²) in [4.78, 5) is 7.02. The molecule has 1 saturated carbocycles. The first-order valence-electron chi connectivity index (χ1n) is 10.1. The van der Waals surface area contributed by atoms with E-state index >= 15 is 0 Å². The monoisotopic (exact) mass is 370 g/mol. The van der Waals surface area contributed by atoms with Crippen LogP contribution in [0.5, 0.6) is 0 Å². The van der Waals surface area contributed by atoms with Gasteiger partial charge < -0.3 is 10.6 Å². The average Bonchev–Trinajstić information content (AvgIpc) is 2.65. The van der Waals surface area contributed by atoms with E-state index in [0.29, 0.717) is 11.3 Å². The van der Waals surface area contributed by atoms with Gasteiger partial charge in [-0.15, -0.1) is 0 Å². The van der Waals surface area contributed by atoms with Crippen molar-refractivity contribution in [3.8, 4) is 0 Å². The summed E-state index contributed by atoms with van der Waals surface area (Å²) in [7, 11) is 1.16. The van der Waals surface area contributed by atoms with Gasteiger partial charge in [-0.25, -0.2) is 0 Å². The van der Waals surface area contributed by atoms with Crippen LogP contribution in [0.25, 0.3) is 0 Å². The predicted molar refractivity (Wildman–Crippen MR) is 109 cm³/mol. The van der Waals surface area contributed by atoms with E-state index in [1.54, 1.807) is 0 Å². The van der Waals surface area contributed by atoms with Crippen LogP contribution >= 0.6 is 0 Å². The minimum absolute atomic E-state index is 0.136. The van der Waals surface area contributed by atoms with Gasteiger partial charge in [-0.1, -0.05) is 19.8 Å². The Morgan fingerprint density at radius 3 is 2.56 bits per heavy atom. The zero-order valence-corrected chi connectivity index (χ0v) is 17.5. The van der Waals surface area contributed by atoms with E-state index in [0.717, 1.165) is 43.9 Å². The van der Waals surface area contributed by atoms with Gasteiger partial charge in [-0.05, 0) is 59.0 Å². The summed E-state index contributed by atoms with van der Waals surface area (Å²) < 4.78 is 12.1. The Hall–Kier alpha value is -0.620. The molecule has 2 fully saturated rings. The molecule has 3 atom stereocenters. The van der Waals surface area contributed by atoms with Gasteiger partial charge in [0.05, 0.1) is 0 Å². The molecule has 2 rings (SSSR count). The maximum Gasteiger partial charge on any atom is 0.191 e. The van der Waals surface area contributed by atoms with Gasteiger partial charge in [0.25, 0.3) is 0 Å². The second-order valence-electron chi connectivity index (χ2n) is 8.09. The summed E-state index contributed by atoms with van der Waals surface area (Å²) in [5.41, 5.74) is 0.136. The first-order chi connectivity index (χ1) is 12.0. The third kappa shape index (κ3) is 6.24. The average molecular weight is 371 g/mol. The highest BCUT2D eigenvalue weighted by atomic mass is 32.2. The van der Waals surface area contributed by atoms with Crippen molar-refractivity contribution in [3.05, 3.63) is 0 Å². The fourth-order valence-electron chi connectivity index (χ4n) is 4.05. The maximum atomic E-state index is 12.1. The van der Waals surface area contributed by atoms with Crippen molar-refractivity contribution in [2.45, 2.75) is 82.5 Å². The van der Waals surface area contributed by atoms with Gasteiger partial charge in [0, 0.05) is 47.0 Å². The van der Waals surface area contributed by atoms with E-state index in [4.69, 9.17) is 0 Å². The van der Waals surface area contributed by atoms with E-state index in [2.05, 4.69) is 34.4 Å². The summed E-state index contributed by atoms with van der Waals surface area (Å²) in [6.45, 7) is 9.96. The molecule has 0 aromatic heterocycles. The van der Waals surface area contributed by atoms with Gasteiger partial charge in [0.1, 0.15) is 0 Å². The molecule has 146 valence electrons. The fraction of sp³-hybridized carbons (Fsp3) is 0.947. The largest absolute Gasteiger partial charge is 0.355 e. The van der Waals surface area contributed by atoms with Crippen LogP contribution in [-0.2, 0) is 10.8 Å². The number of likely N-dealkylation sites (tertiary alicyclic amines) is 1. The first kappa shape index (κ1) is 20.7. The van der Waals surface area contributed by atoms with Gasteiger partial charge in [0.15, 0.2) is 5.96 Å². The minimum Gasteiger partial charge on any atom is -0.355 e. The number of aliphatic imine (C=N–C) groups is 1. The van der Waals surface area contributed by atoms with Crippen LogP contribution in [0.15, 0.2) is 4.99 Å². The number of rotatable bonds is 6. The Balaban J connectivity index is 1.82. The summed E-state index contributed by atoms with van der Waals surface area (Å²) in [6, 6.07) is 0.388. The Morgan fingerprint density at radius 2 is 1.92 bits per heavy atom. The van der Waals surface area contributed by atoms with Crippen molar-refractivity contribution in [1.82, 2.24) is 15.5 Å². The van der Waals surface area contributed by atoms with Crippen LogP contribution in [0.4, 0.5) is 0 Å². The van der Waals surface area contributed by atoms with Crippen molar-refractivity contribution in [2.24, 2.45) is 4.99 Å². The molecule has 2 aliphatic rings. The Labute approximate surface area is 156 Å². The smallest absolute Gasteiger partial charge is 0.191 e. The molecule has 1 saturated heterocycles. The molecule has 0 bridgehead atoms. The van der Waals surface area contributed by atoms with Crippen molar-refractivity contribution >= 4 is 16.8 Å². The lowest BCUT2D eigenvalue weighted by Gasteiger charge is -2.41. The van der Waals surface area contributed by atoms with Crippen molar-refractivity contribution in [1.29, 1.82) is 0 Å². The second kappa shape index (κ2) is 9.91. The van der Waals surface area contributed by atoms with Crippen molar-refractivity contribution in [3.63, 3.8) is 0 Å². The van der Waals surface area contributed by atoms with Crippen LogP contribution in [0, 0.1) is 0 Å². The van der Waals surface area contributed by atoms with E-state index in [9.17, 15) is 4.21 Å². The highest BCUT2D eigenvalue weighted by molar-refractivity contribution is 7.85. The van der Waals surface area contributed by atoms with Gasteiger partial charge >= 0.3 is 0 Å². The molecule has 0 amide bonds. The molecule has 0 spiro atoms. The molecule has 0 radical (unpaired) electrons. The van der Waals surface area contributed by atoms with E-state index < -0.39 is 10.8 Å². The molecular weight excluding hydrogens is 332 g/mol. The number of nitrogens with zero attached hydrogens (tertiary/aromatic N) is 2. The lowest BCUT2D eigenvalue weighted by atomic mass is 9.95. The molecule has 3 unspecified atom stereocenters. The molecule has 1 aliphatic heterocycles. The highest BCUT2D eigenvalue weighted by Crippen LogP contribution is 2.23. The normalized spacial score (nSPS) is 27.8. The van der Waals surface area contributed by atoms with Crippen LogP contribution < -0.4 is 10.6 Å². The number of guanidine groups is 1. The first-order valence-corrected chi connectivity index (χ1v) is 11.4.